The van der Waals surface area contributed by atoms with Crippen LogP contribution in [0.2, 0.25) is 0 Å². The van der Waals surface area contributed by atoms with Gasteiger partial charge in [-0.2, -0.15) is 13.2 Å². The van der Waals surface area contributed by atoms with Gasteiger partial charge in [0.25, 0.3) is 11.1 Å². The van der Waals surface area contributed by atoms with E-state index in [-0.39, 0.29) is 16.5 Å². The van der Waals surface area contributed by atoms with E-state index in [0.29, 0.717) is 36.1 Å². The minimum atomic E-state index is -4.50. The highest BCUT2D eigenvalue weighted by Crippen LogP contribution is 2.38. The molecule has 25 heavy (non-hydrogen) atoms. The lowest BCUT2D eigenvalue weighted by atomic mass is 10.0. The van der Waals surface area contributed by atoms with Crippen molar-refractivity contribution in [3.05, 3.63) is 33.7 Å². The summed E-state index contributed by atoms with van der Waals surface area (Å²) in [4.78, 5) is 25.1. The minimum absolute atomic E-state index is 0.0482. The first-order chi connectivity index (χ1) is 11.6. The van der Waals surface area contributed by atoms with Gasteiger partial charge in [0.2, 0.25) is 0 Å². The topological polar surface area (TPSA) is 75.4 Å². The Labute approximate surface area is 146 Å². The summed E-state index contributed by atoms with van der Waals surface area (Å²) in [6.07, 6.45) is -2.42. The fraction of sp³-hybridized carbons (Fsp3) is 0.375. The van der Waals surface area contributed by atoms with Crippen molar-refractivity contribution < 1.29 is 22.8 Å². The Morgan fingerprint density at radius 3 is 2.60 bits per heavy atom. The maximum atomic E-state index is 13.2. The number of benzene rings is 1. The summed E-state index contributed by atoms with van der Waals surface area (Å²) in [6, 6.07) is 2.05. The molecule has 0 aliphatic carbocycles. The number of nitrogens with two attached hydrogens (primary N) is 1. The molecule has 3 rings (SSSR count). The van der Waals surface area contributed by atoms with Crippen LogP contribution in [0, 0.1) is 6.92 Å². The Bertz CT molecular complexity index is 777. The second kappa shape index (κ2) is 6.38. The molecule has 0 bridgehead atoms. The monoisotopic (exact) mass is 371 g/mol. The first-order valence-electron chi connectivity index (χ1n) is 7.62. The molecule has 0 radical (unpaired) electrons. The van der Waals surface area contributed by atoms with Crippen LogP contribution >= 0.6 is 11.8 Å². The SMILES string of the molecule is Cc1cc(C(F)(F)F)cc(/C=C2\SC(=O)NC2=O)c1N1CC[C@H](N)C1. The number of thioether (sulfide) groups is 1. The zero-order valence-electron chi connectivity index (χ0n) is 13.3. The maximum Gasteiger partial charge on any atom is 0.416 e. The predicted octanol–water partition coefficient (Wildman–Crippen LogP) is 2.88. The van der Waals surface area contributed by atoms with Gasteiger partial charge in [-0.3, -0.25) is 14.9 Å². The lowest BCUT2D eigenvalue weighted by Gasteiger charge is -2.24. The number of aryl methyl sites for hydroxylation is 1. The summed E-state index contributed by atoms with van der Waals surface area (Å²) in [5.74, 6) is -0.603. The van der Waals surface area contributed by atoms with Gasteiger partial charge < -0.3 is 10.6 Å². The number of halogens is 3. The van der Waals surface area contributed by atoms with Gasteiger partial charge in [0.05, 0.1) is 10.5 Å². The van der Waals surface area contributed by atoms with Crippen molar-refractivity contribution in [3.8, 4) is 0 Å². The molecule has 2 saturated heterocycles. The molecule has 2 heterocycles. The van der Waals surface area contributed by atoms with Gasteiger partial charge in [-0.15, -0.1) is 0 Å². The number of anilines is 1. The van der Waals surface area contributed by atoms with Crippen molar-refractivity contribution in [1.82, 2.24) is 5.32 Å². The molecule has 0 spiro atoms. The zero-order valence-corrected chi connectivity index (χ0v) is 14.1. The van der Waals surface area contributed by atoms with Gasteiger partial charge in [0.1, 0.15) is 0 Å². The zero-order chi connectivity index (χ0) is 18.4. The van der Waals surface area contributed by atoms with E-state index >= 15 is 0 Å². The summed E-state index contributed by atoms with van der Waals surface area (Å²) in [5, 5.41) is 1.57. The maximum absolute atomic E-state index is 13.2. The number of carbonyl (C=O) groups is 2. The number of rotatable bonds is 2. The highest BCUT2D eigenvalue weighted by Gasteiger charge is 2.33. The number of hydrogen-bond donors (Lipinski definition) is 2. The van der Waals surface area contributed by atoms with Crippen LogP contribution in [0.5, 0.6) is 0 Å². The van der Waals surface area contributed by atoms with E-state index in [1.165, 1.54) is 6.08 Å². The van der Waals surface area contributed by atoms with E-state index in [0.717, 1.165) is 18.6 Å². The molecular weight excluding hydrogens is 355 g/mol. The largest absolute Gasteiger partial charge is 0.416 e. The first kappa shape index (κ1) is 17.8. The van der Waals surface area contributed by atoms with Crippen molar-refractivity contribution in [1.29, 1.82) is 0 Å². The van der Waals surface area contributed by atoms with Crippen LogP contribution in [-0.4, -0.2) is 30.3 Å². The lowest BCUT2D eigenvalue weighted by Crippen LogP contribution is -2.27. The van der Waals surface area contributed by atoms with E-state index in [9.17, 15) is 22.8 Å². The molecule has 0 saturated carbocycles. The fourth-order valence-corrected chi connectivity index (χ4v) is 3.74. The number of amides is 2. The number of carbonyl (C=O) groups excluding carboxylic acids is 2. The Hall–Kier alpha value is -2.00. The smallest absolute Gasteiger partial charge is 0.369 e. The number of nitrogens with one attached hydrogen (secondary N) is 1. The van der Waals surface area contributed by atoms with Crippen molar-refractivity contribution in [2.45, 2.75) is 25.6 Å². The van der Waals surface area contributed by atoms with Crippen LogP contribution < -0.4 is 16.0 Å². The molecule has 9 heteroatoms. The molecule has 0 unspecified atom stereocenters. The molecule has 0 aromatic heterocycles. The van der Waals surface area contributed by atoms with E-state index in [1.54, 1.807) is 6.92 Å². The van der Waals surface area contributed by atoms with Crippen LogP contribution in [0.3, 0.4) is 0 Å². The van der Waals surface area contributed by atoms with Crippen molar-refractivity contribution >= 4 is 34.7 Å². The third-order valence-electron chi connectivity index (χ3n) is 4.13. The van der Waals surface area contributed by atoms with Crippen LogP contribution in [0.25, 0.3) is 6.08 Å². The standard InChI is InChI=1S/C16H16F3N3O2S/c1-8-4-10(16(17,18)19)5-9(6-12-14(23)21-15(24)25-12)13(8)22-3-2-11(20)7-22/h4-6,11H,2-3,7,20H2,1H3,(H,21,23,24)/b12-6-/t11-/m0/s1. The van der Waals surface area contributed by atoms with E-state index in [1.807, 2.05) is 4.90 Å². The predicted molar refractivity (Wildman–Crippen MR) is 90.1 cm³/mol. The van der Waals surface area contributed by atoms with E-state index in [4.69, 9.17) is 5.73 Å². The quantitative estimate of drug-likeness (QED) is 0.782. The third-order valence-corrected chi connectivity index (χ3v) is 4.94. The van der Waals surface area contributed by atoms with Crippen molar-refractivity contribution in [2.24, 2.45) is 5.73 Å². The number of nitrogens with zero attached hydrogens (tertiary/aromatic N) is 1. The summed E-state index contributed by atoms with van der Waals surface area (Å²) >= 11 is 0.677. The molecule has 5 nitrogen and oxygen atoms in total. The molecule has 1 atom stereocenters. The number of alkyl halides is 3. The van der Waals surface area contributed by atoms with E-state index < -0.39 is 22.9 Å². The van der Waals surface area contributed by atoms with Gasteiger partial charge in [-0.05, 0) is 54.4 Å². The first-order valence-corrected chi connectivity index (χ1v) is 8.44. The Kier molecular flexibility index (Phi) is 4.54. The highest BCUT2D eigenvalue weighted by atomic mass is 32.2. The Morgan fingerprint density at radius 1 is 1.36 bits per heavy atom. The Morgan fingerprint density at radius 2 is 2.08 bits per heavy atom. The lowest BCUT2D eigenvalue weighted by molar-refractivity contribution is -0.137. The number of hydrogen-bond acceptors (Lipinski definition) is 5. The molecule has 3 N–H and O–H groups in total. The van der Waals surface area contributed by atoms with Crippen LogP contribution in [0.1, 0.15) is 23.1 Å². The Balaban J connectivity index is 2.12. The van der Waals surface area contributed by atoms with Gasteiger partial charge in [0.15, 0.2) is 0 Å². The molecule has 1 aromatic rings. The van der Waals surface area contributed by atoms with Gasteiger partial charge in [0, 0.05) is 24.8 Å². The average molecular weight is 371 g/mol. The molecular formula is C16H16F3N3O2S. The second-order valence-corrected chi connectivity index (χ2v) is 7.09. The van der Waals surface area contributed by atoms with Crippen LogP contribution in [0.15, 0.2) is 17.0 Å². The molecule has 134 valence electrons. The molecule has 2 amide bonds. The van der Waals surface area contributed by atoms with Crippen molar-refractivity contribution in [3.63, 3.8) is 0 Å². The molecule has 2 aliphatic heterocycles. The van der Waals surface area contributed by atoms with Crippen LogP contribution in [0.4, 0.5) is 23.7 Å². The van der Waals surface area contributed by atoms with Gasteiger partial charge in [-0.25, -0.2) is 0 Å². The minimum Gasteiger partial charge on any atom is -0.369 e. The summed E-state index contributed by atoms with van der Waals surface area (Å²) < 4.78 is 39.5. The van der Waals surface area contributed by atoms with Gasteiger partial charge >= 0.3 is 6.18 Å². The third kappa shape index (κ3) is 3.67. The second-order valence-electron chi connectivity index (χ2n) is 6.08. The average Bonchev–Trinajstić information content (AvgIpc) is 3.03. The summed E-state index contributed by atoms with van der Waals surface area (Å²) in [6.45, 7) is 2.76. The highest BCUT2D eigenvalue weighted by molar-refractivity contribution is 8.18. The fourth-order valence-electron chi connectivity index (χ4n) is 3.07. The summed E-state index contributed by atoms with van der Waals surface area (Å²) in [5.41, 5.74) is 6.44. The van der Waals surface area contributed by atoms with Crippen molar-refractivity contribution in [2.75, 3.05) is 18.0 Å². The normalized spacial score (nSPS) is 22.8. The molecule has 2 fully saturated rings. The van der Waals surface area contributed by atoms with Gasteiger partial charge in [-0.1, -0.05) is 0 Å². The molecule has 1 aromatic carbocycles. The molecule has 2 aliphatic rings. The van der Waals surface area contributed by atoms with Crippen LogP contribution in [-0.2, 0) is 11.0 Å². The van der Waals surface area contributed by atoms with E-state index in [2.05, 4.69) is 5.32 Å². The number of imide groups is 1. The summed E-state index contributed by atoms with van der Waals surface area (Å²) in [7, 11) is 0.